The van der Waals surface area contributed by atoms with Gasteiger partial charge in [0.05, 0.1) is 6.54 Å². The van der Waals surface area contributed by atoms with Gasteiger partial charge in [-0.05, 0) is 30.7 Å². The van der Waals surface area contributed by atoms with E-state index in [4.69, 9.17) is 21.4 Å². The summed E-state index contributed by atoms with van der Waals surface area (Å²) in [7, 11) is 0. The summed E-state index contributed by atoms with van der Waals surface area (Å²) in [5.74, 6) is -1.46. The Morgan fingerprint density at radius 3 is 2.81 bits per heavy atom. The number of nitrogens with zero attached hydrogens (tertiary/aromatic N) is 1. The molecule has 0 radical (unpaired) electrons. The maximum Gasteiger partial charge on any atom is 0.343 e. The van der Waals surface area contributed by atoms with E-state index in [-0.39, 0.29) is 19.6 Å². The summed E-state index contributed by atoms with van der Waals surface area (Å²) < 4.78 is 19.2. The third-order valence-corrected chi connectivity index (χ3v) is 3.68. The molecule has 5 nitrogen and oxygen atoms in total. The lowest BCUT2D eigenvalue weighted by Crippen LogP contribution is -2.40. The van der Waals surface area contributed by atoms with Crippen LogP contribution in [0.5, 0.6) is 5.75 Å². The summed E-state index contributed by atoms with van der Waals surface area (Å²) in [5.41, 5.74) is -1.58. The average Bonchev–Trinajstić information content (AvgIpc) is 2.82. The number of halogens is 2. The van der Waals surface area contributed by atoms with Crippen LogP contribution in [-0.4, -0.2) is 47.2 Å². The molecular formula is C14H15ClFNO4. The second kappa shape index (κ2) is 5.89. The molecule has 1 N–H and O–H groups in total. The summed E-state index contributed by atoms with van der Waals surface area (Å²) in [6, 6.07) is 4.99. The molecule has 0 aliphatic carbocycles. The van der Waals surface area contributed by atoms with E-state index in [9.17, 15) is 14.0 Å². The Kier molecular flexibility index (Phi) is 4.37. The molecule has 1 unspecified atom stereocenters. The molecule has 1 aromatic carbocycles. The number of carboxylic acids is 1. The van der Waals surface area contributed by atoms with Gasteiger partial charge < -0.3 is 14.7 Å². The van der Waals surface area contributed by atoms with Crippen LogP contribution in [0.1, 0.15) is 12.0 Å². The van der Waals surface area contributed by atoms with Crippen molar-refractivity contribution < 1.29 is 23.8 Å². The molecule has 1 fully saturated rings. The van der Waals surface area contributed by atoms with E-state index in [1.54, 1.807) is 25.1 Å². The summed E-state index contributed by atoms with van der Waals surface area (Å²) in [4.78, 5) is 23.9. The molecule has 1 aliphatic rings. The number of hydrogen-bond donors (Lipinski definition) is 1. The number of amides is 1. The predicted octanol–water partition coefficient (Wildman–Crippen LogP) is 2.05. The van der Waals surface area contributed by atoms with Crippen LogP contribution in [0.2, 0.25) is 5.02 Å². The van der Waals surface area contributed by atoms with Gasteiger partial charge in [-0.2, -0.15) is 0 Å². The summed E-state index contributed by atoms with van der Waals surface area (Å²) in [6.45, 7) is 1.16. The highest BCUT2D eigenvalue weighted by atomic mass is 35.5. The third-order valence-electron chi connectivity index (χ3n) is 3.44. The highest BCUT2D eigenvalue weighted by molar-refractivity contribution is 6.30. The van der Waals surface area contributed by atoms with Crippen molar-refractivity contribution in [2.75, 3.05) is 19.7 Å². The number of alkyl halides is 1. The number of aliphatic carboxylic acids is 1. The van der Waals surface area contributed by atoms with Gasteiger partial charge >= 0.3 is 5.97 Å². The molecule has 1 aromatic rings. The van der Waals surface area contributed by atoms with Gasteiger partial charge in [-0.3, -0.25) is 4.79 Å². The number of aryl methyl sites for hydroxylation is 1. The van der Waals surface area contributed by atoms with E-state index >= 15 is 0 Å². The zero-order chi connectivity index (χ0) is 15.6. The SMILES string of the molecule is Cc1cc(Cl)ccc1OCC(=O)N1CCC(F)(C(=O)O)C1. The Hall–Kier alpha value is -1.82. The minimum atomic E-state index is -2.36. The number of carbonyl (C=O) groups excluding carboxylic acids is 1. The highest BCUT2D eigenvalue weighted by Crippen LogP contribution is 2.26. The number of benzene rings is 1. The van der Waals surface area contributed by atoms with E-state index in [1.165, 1.54) is 4.90 Å². The maximum absolute atomic E-state index is 13.9. The Bertz CT molecular complexity index is 580. The lowest BCUT2D eigenvalue weighted by Gasteiger charge is -2.18. The lowest BCUT2D eigenvalue weighted by molar-refractivity contribution is -0.150. The van der Waals surface area contributed by atoms with Crippen LogP contribution >= 0.6 is 11.6 Å². The predicted molar refractivity (Wildman–Crippen MR) is 74.4 cm³/mol. The Morgan fingerprint density at radius 1 is 1.52 bits per heavy atom. The Balaban J connectivity index is 1.93. The van der Waals surface area contributed by atoms with Gasteiger partial charge in [-0.15, -0.1) is 0 Å². The van der Waals surface area contributed by atoms with Crippen molar-refractivity contribution in [2.45, 2.75) is 19.0 Å². The van der Waals surface area contributed by atoms with Crippen molar-refractivity contribution in [3.8, 4) is 5.75 Å². The minimum absolute atomic E-state index is 0.0740. The van der Waals surface area contributed by atoms with E-state index in [1.807, 2.05) is 0 Å². The van der Waals surface area contributed by atoms with E-state index < -0.39 is 24.1 Å². The molecule has 1 atom stereocenters. The average molecular weight is 316 g/mol. The van der Waals surface area contributed by atoms with Gasteiger partial charge in [-0.1, -0.05) is 11.6 Å². The van der Waals surface area contributed by atoms with Crippen LogP contribution in [0.25, 0.3) is 0 Å². The molecule has 21 heavy (non-hydrogen) atoms. The lowest BCUT2D eigenvalue weighted by atomic mass is 10.1. The van der Waals surface area contributed by atoms with Crippen LogP contribution in [0.3, 0.4) is 0 Å². The van der Waals surface area contributed by atoms with Gasteiger partial charge in [0, 0.05) is 18.0 Å². The van der Waals surface area contributed by atoms with Gasteiger partial charge in [0.15, 0.2) is 6.61 Å². The van der Waals surface area contributed by atoms with Crippen LogP contribution < -0.4 is 4.74 Å². The highest BCUT2D eigenvalue weighted by Gasteiger charge is 2.46. The van der Waals surface area contributed by atoms with Crippen molar-refractivity contribution in [3.05, 3.63) is 28.8 Å². The summed E-state index contributed by atoms with van der Waals surface area (Å²) >= 11 is 5.82. The number of carboxylic acid groups (broad SMARTS) is 1. The van der Waals surface area contributed by atoms with Crippen molar-refractivity contribution in [1.82, 2.24) is 4.90 Å². The first-order chi connectivity index (χ1) is 9.82. The molecule has 114 valence electrons. The molecule has 1 heterocycles. The normalized spacial score (nSPS) is 21.4. The second-order valence-corrected chi connectivity index (χ2v) is 5.47. The largest absolute Gasteiger partial charge is 0.483 e. The molecule has 1 saturated heterocycles. The van der Waals surface area contributed by atoms with E-state index in [0.29, 0.717) is 10.8 Å². The molecule has 0 spiro atoms. The topological polar surface area (TPSA) is 66.8 Å². The molecule has 1 aliphatic heterocycles. The number of ether oxygens (including phenoxy) is 1. The number of hydrogen-bond acceptors (Lipinski definition) is 3. The van der Waals surface area contributed by atoms with Gasteiger partial charge in [0.2, 0.25) is 5.67 Å². The maximum atomic E-state index is 13.9. The number of rotatable bonds is 4. The van der Waals surface area contributed by atoms with Gasteiger partial charge in [0.1, 0.15) is 5.75 Å². The smallest absolute Gasteiger partial charge is 0.343 e. The van der Waals surface area contributed by atoms with Crippen LogP contribution in [-0.2, 0) is 9.59 Å². The number of likely N-dealkylation sites (tertiary alicyclic amines) is 1. The zero-order valence-electron chi connectivity index (χ0n) is 11.4. The molecular weight excluding hydrogens is 301 g/mol. The van der Waals surface area contributed by atoms with Crippen LogP contribution in [0.15, 0.2) is 18.2 Å². The number of carbonyl (C=O) groups is 2. The Labute approximate surface area is 126 Å². The summed E-state index contributed by atoms with van der Waals surface area (Å²) in [5, 5.41) is 9.35. The van der Waals surface area contributed by atoms with Gasteiger partial charge in [-0.25, -0.2) is 9.18 Å². The molecule has 0 aromatic heterocycles. The van der Waals surface area contributed by atoms with Crippen molar-refractivity contribution in [3.63, 3.8) is 0 Å². The Morgan fingerprint density at radius 2 is 2.24 bits per heavy atom. The molecule has 0 saturated carbocycles. The first-order valence-electron chi connectivity index (χ1n) is 6.41. The fraction of sp³-hybridized carbons (Fsp3) is 0.429. The molecule has 7 heteroatoms. The molecule has 2 rings (SSSR count). The molecule has 1 amide bonds. The minimum Gasteiger partial charge on any atom is -0.483 e. The zero-order valence-corrected chi connectivity index (χ0v) is 12.2. The fourth-order valence-corrected chi connectivity index (χ4v) is 2.39. The second-order valence-electron chi connectivity index (χ2n) is 5.03. The van der Waals surface area contributed by atoms with Crippen molar-refractivity contribution in [1.29, 1.82) is 0 Å². The van der Waals surface area contributed by atoms with Crippen LogP contribution in [0, 0.1) is 6.92 Å². The standard InChI is InChI=1S/C14H15ClFNO4/c1-9-6-10(15)2-3-11(9)21-7-12(18)17-5-4-14(16,8-17)13(19)20/h2-3,6H,4-5,7-8H2,1H3,(H,19,20). The fourth-order valence-electron chi connectivity index (χ4n) is 2.17. The summed E-state index contributed by atoms with van der Waals surface area (Å²) in [6.07, 6.45) is -0.200. The first-order valence-corrected chi connectivity index (χ1v) is 6.79. The van der Waals surface area contributed by atoms with Crippen molar-refractivity contribution >= 4 is 23.5 Å². The molecule has 0 bridgehead atoms. The monoisotopic (exact) mass is 315 g/mol. The third kappa shape index (κ3) is 3.44. The van der Waals surface area contributed by atoms with E-state index in [0.717, 1.165) is 5.56 Å². The first kappa shape index (κ1) is 15.6. The van der Waals surface area contributed by atoms with Gasteiger partial charge in [0.25, 0.3) is 5.91 Å². The van der Waals surface area contributed by atoms with E-state index in [2.05, 4.69) is 0 Å². The van der Waals surface area contributed by atoms with Crippen molar-refractivity contribution in [2.24, 2.45) is 0 Å². The quantitative estimate of drug-likeness (QED) is 0.923. The van der Waals surface area contributed by atoms with Crippen LogP contribution in [0.4, 0.5) is 4.39 Å².